The van der Waals surface area contributed by atoms with E-state index in [1.807, 2.05) is 0 Å². The molecule has 5 nitrogen and oxygen atoms in total. The number of hydrogen-bond acceptors (Lipinski definition) is 3. The maximum absolute atomic E-state index is 11.4. The quantitative estimate of drug-likeness (QED) is 0.305. The predicted molar refractivity (Wildman–Crippen MR) is 55.8 cm³/mol. The molecular formula is C10H19N3O2. The molecule has 1 aliphatic carbocycles. The maximum atomic E-state index is 11.4. The van der Waals surface area contributed by atoms with Gasteiger partial charge in [-0.05, 0) is 19.3 Å². The van der Waals surface area contributed by atoms with E-state index >= 15 is 0 Å². The van der Waals surface area contributed by atoms with Gasteiger partial charge in [-0.2, -0.15) is 0 Å². The summed E-state index contributed by atoms with van der Waals surface area (Å²) in [6, 6.07) is -0.234. The first-order valence-corrected chi connectivity index (χ1v) is 5.63. The Morgan fingerprint density at radius 1 is 1.47 bits per heavy atom. The van der Waals surface area contributed by atoms with Crippen LogP contribution < -0.4 is 11.3 Å². The van der Waals surface area contributed by atoms with Crippen molar-refractivity contribution in [2.75, 3.05) is 13.1 Å². The van der Waals surface area contributed by atoms with Crippen LogP contribution in [0.4, 0.5) is 4.79 Å². The SMILES string of the molecule is NNC(=O)N1CCC2(O)CCCCC2C1. The molecule has 0 spiro atoms. The van der Waals surface area contributed by atoms with E-state index in [2.05, 4.69) is 5.43 Å². The van der Waals surface area contributed by atoms with E-state index in [0.717, 1.165) is 25.7 Å². The van der Waals surface area contributed by atoms with Crippen molar-refractivity contribution in [3.8, 4) is 0 Å². The number of rotatable bonds is 0. The van der Waals surface area contributed by atoms with Gasteiger partial charge in [-0.15, -0.1) is 0 Å². The molecule has 1 heterocycles. The number of nitrogens with one attached hydrogen (secondary N) is 1. The van der Waals surface area contributed by atoms with Gasteiger partial charge in [0.1, 0.15) is 0 Å². The van der Waals surface area contributed by atoms with Gasteiger partial charge in [-0.3, -0.25) is 5.43 Å². The molecule has 86 valence electrons. The standard InChI is InChI=1S/C10H19N3O2/c11-12-9(14)13-6-5-10(15)4-2-1-3-8(10)7-13/h8,15H,1-7,11H2,(H,12,14). The number of hydrogen-bond donors (Lipinski definition) is 3. The zero-order chi connectivity index (χ0) is 10.9. The number of carbonyl (C=O) groups is 1. The number of likely N-dealkylation sites (tertiary alicyclic amines) is 1. The van der Waals surface area contributed by atoms with Crippen LogP contribution in [0.5, 0.6) is 0 Å². The van der Waals surface area contributed by atoms with E-state index in [1.165, 1.54) is 0 Å². The molecule has 5 heteroatoms. The van der Waals surface area contributed by atoms with Crippen LogP contribution in [0.1, 0.15) is 32.1 Å². The van der Waals surface area contributed by atoms with Crippen LogP contribution in [0.2, 0.25) is 0 Å². The van der Waals surface area contributed by atoms with Gasteiger partial charge < -0.3 is 10.0 Å². The van der Waals surface area contributed by atoms with Crippen LogP contribution in [0.3, 0.4) is 0 Å². The molecule has 2 unspecified atom stereocenters. The van der Waals surface area contributed by atoms with E-state index < -0.39 is 5.60 Å². The summed E-state index contributed by atoms with van der Waals surface area (Å²) < 4.78 is 0. The van der Waals surface area contributed by atoms with Crippen LogP contribution in [0.25, 0.3) is 0 Å². The first-order valence-electron chi connectivity index (χ1n) is 5.63. The predicted octanol–water partition coefficient (Wildman–Crippen LogP) is 0.197. The number of nitrogens with two attached hydrogens (primary N) is 1. The fourth-order valence-corrected chi connectivity index (χ4v) is 2.85. The van der Waals surface area contributed by atoms with Crippen molar-refractivity contribution < 1.29 is 9.90 Å². The van der Waals surface area contributed by atoms with Crippen molar-refractivity contribution in [2.45, 2.75) is 37.7 Å². The van der Waals surface area contributed by atoms with E-state index in [1.54, 1.807) is 4.90 Å². The highest BCUT2D eigenvalue weighted by Gasteiger charge is 2.43. The number of piperidine rings is 1. The molecular weight excluding hydrogens is 194 g/mol. The minimum Gasteiger partial charge on any atom is -0.389 e. The topological polar surface area (TPSA) is 78.6 Å². The number of nitrogens with zero attached hydrogens (tertiary/aromatic N) is 1. The summed E-state index contributed by atoms with van der Waals surface area (Å²) in [5.41, 5.74) is 1.62. The van der Waals surface area contributed by atoms with Crippen molar-refractivity contribution in [1.29, 1.82) is 0 Å². The van der Waals surface area contributed by atoms with Gasteiger partial charge in [-0.1, -0.05) is 12.8 Å². The Kier molecular flexibility index (Phi) is 2.84. The van der Waals surface area contributed by atoms with Gasteiger partial charge >= 0.3 is 6.03 Å². The number of hydrazine groups is 1. The minimum atomic E-state index is -0.524. The van der Waals surface area contributed by atoms with Gasteiger partial charge in [-0.25, -0.2) is 10.6 Å². The Hall–Kier alpha value is -0.810. The Bertz CT molecular complexity index is 259. The Labute approximate surface area is 89.6 Å². The number of fused-ring (bicyclic) bond motifs is 1. The van der Waals surface area contributed by atoms with Gasteiger partial charge in [0.2, 0.25) is 0 Å². The Morgan fingerprint density at radius 3 is 3.00 bits per heavy atom. The minimum absolute atomic E-state index is 0.234. The first kappa shape index (κ1) is 10.7. The van der Waals surface area contributed by atoms with Crippen LogP contribution >= 0.6 is 0 Å². The van der Waals surface area contributed by atoms with Crippen molar-refractivity contribution in [1.82, 2.24) is 10.3 Å². The average Bonchev–Trinajstić information content (AvgIpc) is 2.26. The van der Waals surface area contributed by atoms with Crippen LogP contribution in [0, 0.1) is 5.92 Å². The smallest absolute Gasteiger partial charge is 0.331 e. The largest absolute Gasteiger partial charge is 0.389 e. The molecule has 2 atom stereocenters. The number of carbonyl (C=O) groups excluding carboxylic acids is 1. The van der Waals surface area contributed by atoms with Crippen molar-refractivity contribution in [3.05, 3.63) is 0 Å². The van der Waals surface area contributed by atoms with Gasteiger partial charge in [0.05, 0.1) is 5.60 Å². The van der Waals surface area contributed by atoms with Crippen LogP contribution in [0.15, 0.2) is 0 Å². The third-order valence-electron chi connectivity index (χ3n) is 3.84. The molecule has 0 aromatic carbocycles. The zero-order valence-electron chi connectivity index (χ0n) is 8.91. The molecule has 15 heavy (non-hydrogen) atoms. The zero-order valence-corrected chi connectivity index (χ0v) is 8.91. The summed E-state index contributed by atoms with van der Waals surface area (Å²) in [7, 11) is 0. The lowest BCUT2D eigenvalue weighted by Gasteiger charge is -2.47. The van der Waals surface area contributed by atoms with Crippen molar-refractivity contribution in [3.63, 3.8) is 0 Å². The maximum Gasteiger partial charge on any atom is 0.331 e. The number of urea groups is 1. The molecule has 0 bridgehead atoms. The highest BCUT2D eigenvalue weighted by molar-refractivity contribution is 5.73. The van der Waals surface area contributed by atoms with Gasteiger partial charge in [0.25, 0.3) is 0 Å². The highest BCUT2D eigenvalue weighted by Crippen LogP contribution is 2.39. The van der Waals surface area contributed by atoms with Gasteiger partial charge in [0.15, 0.2) is 0 Å². The summed E-state index contributed by atoms with van der Waals surface area (Å²) in [5, 5.41) is 10.4. The molecule has 0 radical (unpaired) electrons. The summed E-state index contributed by atoms with van der Waals surface area (Å²) in [6.07, 6.45) is 4.85. The summed E-state index contributed by atoms with van der Waals surface area (Å²) in [4.78, 5) is 13.1. The van der Waals surface area contributed by atoms with Crippen LogP contribution in [-0.4, -0.2) is 34.7 Å². The van der Waals surface area contributed by atoms with E-state index in [-0.39, 0.29) is 11.9 Å². The Balaban J connectivity index is 2.02. The molecule has 2 fully saturated rings. The molecule has 1 saturated carbocycles. The molecule has 0 aromatic heterocycles. The molecule has 4 N–H and O–H groups in total. The molecule has 2 amide bonds. The number of amides is 2. The monoisotopic (exact) mass is 213 g/mol. The lowest BCUT2D eigenvalue weighted by Crippen LogP contribution is -2.57. The second-order valence-corrected chi connectivity index (χ2v) is 4.69. The number of aliphatic hydroxyl groups is 1. The van der Waals surface area contributed by atoms with E-state index in [0.29, 0.717) is 19.5 Å². The molecule has 1 aliphatic heterocycles. The molecule has 0 aromatic rings. The second-order valence-electron chi connectivity index (χ2n) is 4.69. The summed E-state index contributed by atoms with van der Waals surface area (Å²) >= 11 is 0. The highest BCUT2D eigenvalue weighted by atomic mass is 16.3. The molecule has 1 saturated heterocycles. The lowest BCUT2D eigenvalue weighted by molar-refractivity contribution is -0.0870. The lowest BCUT2D eigenvalue weighted by atomic mass is 9.71. The normalized spacial score (nSPS) is 35.9. The van der Waals surface area contributed by atoms with Crippen molar-refractivity contribution >= 4 is 6.03 Å². The van der Waals surface area contributed by atoms with Crippen molar-refractivity contribution in [2.24, 2.45) is 11.8 Å². The Morgan fingerprint density at radius 2 is 2.27 bits per heavy atom. The third-order valence-corrected chi connectivity index (χ3v) is 3.84. The summed E-state index contributed by atoms with van der Waals surface area (Å²) in [5.74, 6) is 5.33. The van der Waals surface area contributed by atoms with Gasteiger partial charge in [0, 0.05) is 19.0 Å². The average molecular weight is 213 g/mol. The second kappa shape index (κ2) is 3.98. The summed E-state index contributed by atoms with van der Waals surface area (Å²) in [6.45, 7) is 1.25. The fourth-order valence-electron chi connectivity index (χ4n) is 2.85. The molecule has 2 rings (SSSR count). The molecule has 2 aliphatic rings. The van der Waals surface area contributed by atoms with E-state index in [9.17, 15) is 9.90 Å². The fraction of sp³-hybridized carbons (Fsp3) is 0.900. The van der Waals surface area contributed by atoms with E-state index in [4.69, 9.17) is 5.84 Å². The van der Waals surface area contributed by atoms with Crippen LogP contribution in [-0.2, 0) is 0 Å². The third kappa shape index (κ3) is 1.94. The first-order chi connectivity index (χ1) is 7.15.